The Morgan fingerprint density at radius 1 is 1.26 bits per heavy atom. The zero-order valence-corrected chi connectivity index (χ0v) is 13.6. The highest BCUT2D eigenvalue weighted by atomic mass is 17.0. The fourth-order valence-electron chi connectivity index (χ4n) is 5.09. The van der Waals surface area contributed by atoms with Gasteiger partial charge in [-0.2, -0.15) is 0 Å². The lowest BCUT2D eigenvalue weighted by Gasteiger charge is -2.56. The van der Waals surface area contributed by atoms with E-state index in [0.29, 0.717) is 24.8 Å². The predicted octanol–water partition coefficient (Wildman–Crippen LogP) is 1.95. The summed E-state index contributed by atoms with van der Waals surface area (Å²) in [6, 6.07) is 0. The van der Waals surface area contributed by atoms with Gasteiger partial charge in [-0.1, -0.05) is 13.8 Å². The molecule has 23 heavy (non-hydrogen) atoms. The Morgan fingerprint density at radius 2 is 1.96 bits per heavy atom. The van der Waals surface area contributed by atoms with Crippen LogP contribution in [0.4, 0.5) is 0 Å². The van der Waals surface area contributed by atoms with Crippen molar-refractivity contribution in [3.63, 3.8) is 0 Å². The molecule has 0 aliphatic heterocycles. The highest BCUT2D eigenvalue weighted by Crippen LogP contribution is 2.58. The minimum Gasteiger partial charge on any atom is -0.330 e. The highest BCUT2D eigenvalue weighted by Gasteiger charge is 2.54. The van der Waals surface area contributed by atoms with Crippen LogP contribution in [0.15, 0.2) is 0 Å². The average molecular weight is 331 g/mol. The Labute approximate surface area is 134 Å². The molecule has 0 radical (unpaired) electrons. The van der Waals surface area contributed by atoms with Gasteiger partial charge in [-0.05, 0) is 61.3 Å². The Hall–Kier alpha value is -1.64. The molecule has 5 unspecified atom stereocenters. The number of hydrogen-bond donors (Lipinski definition) is 1. The van der Waals surface area contributed by atoms with Crippen LogP contribution < -0.4 is 5.73 Å². The van der Waals surface area contributed by atoms with Crippen molar-refractivity contribution in [3.05, 3.63) is 20.2 Å². The Balaban J connectivity index is 2.29. The van der Waals surface area contributed by atoms with Crippen molar-refractivity contribution in [2.24, 2.45) is 28.4 Å². The first kappa shape index (κ1) is 17.7. The van der Waals surface area contributed by atoms with Gasteiger partial charge in [-0.3, -0.25) is 0 Å². The predicted molar refractivity (Wildman–Crippen MR) is 80.1 cm³/mol. The first-order valence-corrected chi connectivity index (χ1v) is 7.96. The van der Waals surface area contributed by atoms with Crippen molar-refractivity contribution in [2.45, 2.75) is 52.1 Å². The third-order valence-electron chi connectivity index (χ3n) is 5.47. The molecule has 0 amide bonds. The van der Waals surface area contributed by atoms with E-state index >= 15 is 0 Å². The molecule has 0 aromatic rings. The van der Waals surface area contributed by atoms with E-state index in [1.807, 2.05) is 0 Å². The van der Waals surface area contributed by atoms with Crippen molar-refractivity contribution < 1.29 is 19.8 Å². The largest absolute Gasteiger partial charge is 0.330 e. The van der Waals surface area contributed by atoms with Gasteiger partial charge in [0.05, 0.1) is 0 Å². The quantitative estimate of drug-likeness (QED) is 0.557. The zero-order valence-electron chi connectivity index (χ0n) is 13.6. The fraction of sp³-hybridized carbons (Fsp3) is 1.00. The normalized spacial score (nSPS) is 37.7. The summed E-state index contributed by atoms with van der Waals surface area (Å²) in [6.07, 6.45) is 3.26. The summed E-state index contributed by atoms with van der Waals surface area (Å²) in [5.41, 5.74) is 5.31. The van der Waals surface area contributed by atoms with E-state index in [1.54, 1.807) is 0 Å². The van der Waals surface area contributed by atoms with Crippen LogP contribution in [0.2, 0.25) is 0 Å². The topological polar surface area (TPSA) is 131 Å². The highest BCUT2D eigenvalue weighted by molar-refractivity contribution is 5.03. The molecule has 0 heterocycles. The number of fused-ring (bicyclic) bond motifs is 2. The monoisotopic (exact) mass is 331 g/mol. The van der Waals surface area contributed by atoms with Crippen LogP contribution in [0.3, 0.4) is 0 Å². The second kappa shape index (κ2) is 6.46. The Morgan fingerprint density at radius 3 is 2.52 bits per heavy atom. The molecule has 2 aliphatic rings. The van der Waals surface area contributed by atoms with Crippen LogP contribution in [0.1, 0.15) is 46.0 Å². The zero-order chi connectivity index (χ0) is 17.3. The lowest BCUT2D eigenvalue weighted by Crippen LogP contribution is -2.54. The standard InChI is InChI=1S/C14H25N3O6/c1-10-3-11-5-13(2,9-15)8-14(4-10,6-11)12(23-17(20)21)7-22-16(18)19/h10-12H,3-9,15H2,1-2H3. The van der Waals surface area contributed by atoms with Gasteiger partial charge in [-0.15, -0.1) is 20.2 Å². The van der Waals surface area contributed by atoms with Gasteiger partial charge >= 0.3 is 0 Å². The summed E-state index contributed by atoms with van der Waals surface area (Å²) in [4.78, 5) is 30.7. The fourth-order valence-corrected chi connectivity index (χ4v) is 5.09. The van der Waals surface area contributed by atoms with E-state index < -0.39 is 28.3 Å². The second-order valence-corrected chi connectivity index (χ2v) is 7.71. The van der Waals surface area contributed by atoms with Crippen molar-refractivity contribution in [2.75, 3.05) is 13.2 Å². The van der Waals surface area contributed by atoms with Crippen molar-refractivity contribution in [1.29, 1.82) is 0 Å². The third kappa shape index (κ3) is 4.01. The smallest absolute Gasteiger partial charge is 0.294 e. The van der Waals surface area contributed by atoms with Crippen LogP contribution in [0.5, 0.6) is 0 Å². The van der Waals surface area contributed by atoms with Gasteiger partial charge in [0.1, 0.15) is 12.7 Å². The summed E-state index contributed by atoms with van der Waals surface area (Å²) in [5, 5.41) is 19.6. The average Bonchev–Trinajstić information content (AvgIpc) is 2.41. The number of hydrogen-bond acceptors (Lipinski definition) is 7. The molecule has 2 fully saturated rings. The van der Waals surface area contributed by atoms with Crippen molar-refractivity contribution in [3.8, 4) is 0 Å². The molecule has 9 heteroatoms. The maximum Gasteiger partial charge on any atom is 0.294 e. The summed E-state index contributed by atoms with van der Waals surface area (Å²) >= 11 is 0. The Bertz CT molecular complexity index is 471. The number of nitrogens with two attached hydrogens (primary N) is 1. The van der Waals surface area contributed by atoms with Crippen LogP contribution in [-0.2, 0) is 9.68 Å². The van der Waals surface area contributed by atoms with Gasteiger partial charge < -0.3 is 15.4 Å². The van der Waals surface area contributed by atoms with Gasteiger partial charge in [0.25, 0.3) is 10.2 Å². The van der Waals surface area contributed by atoms with Crippen molar-refractivity contribution >= 4 is 0 Å². The van der Waals surface area contributed by atoms with Crippen LogP contribution in [-0.4, -0.2) is 29.4 Å². The van der Waals surface area contributed by atoms with E-state index in [4.69, 9.17) is 10.6 Å². The molecular formula is C14H25N3O6. The molecule has 9 nitrogen and oxygen atoms in total. The molecule has 0 spiro atoms. The number of nitrogens with zero attached hydrogens (tertiary/aromatic N) is 2. The maximum atomic E-state index is 10.9. The molecule has 2 saturated carbocycles. The molecule has 2 N–H and O–H groups in total. The third-order valence-corrected chi connectivity index (χ3v) is 5.47. The van der Waals surface area contributed by atoms with Gasteiger partial charge in [0.15, 0.2) is 0 Å². The first-order valence-electron chi connectivity index (χ1n) is 7.96. The maximum absolute atomic E-state index is 10.9. The molecule has 0 aromatic heterocycles. The Kier molecular flexibility index (Phi) is 4.98. The van der Waals surface area contributed by atoms with Crippen LogP contribution >= 0.6 is 0 Å². The molecule has 132 valence electrons. The van der Waals surface area contributed by atoms with Crippen LogP contribution in [0.25, 0.3) is 0 Å². The molecule has 2 aliphatic carbocycles. The van der Waals surface area contributed by atoms with E-state index in [-0.39, 0.29) is 5.41 Å². The van der Waals surface area contributed by atoms with Gasteiger partial charge in [0, 0.05) is 0 Å². The molecule has 5 atom stereocenters. The summed E-state index contributed by atoms with van der Waals surface area (Å²) in [7, 11) is 0. The van der Waals surface area contributed by atoms with E-state index in [0.717, 1.165) is 25.7 Å². The minimum atomic E-state index is -0.945. The van der Waals surface area contributed by atoms with Gasteiger partial charge in [-0.25, -0.2) is 0 Å². The van der Waals surface area contributed by atoms with Crippen LogP contribution in [0, 0.1) is 42.9 Å². The summed E-state index contributed by atoms with van der Waals surface area (Å²) in [5.74, 6) is 0.805. The molecule has 0 aromatic carbocycles. The lowest BCUT2D eigenvalue weighted by molar-refractivity contribution is -0.794. The summed E-state index contributed by atoms with van der Waals surface area (Å²) in [6.45, 7) is 4.26. The molecular weight excluding hydrogens is 306 g/mol. The van der Waals surface area contributed by atoms with E-state index in [9.17, 15) is 20.2 Å². The SMILES string of the molecule is CC1CC2CC(C)(CN)CC(C(CO[N+](=O)[O-])O[N+](=O)[O-])(C1)C2. The van der Waals surface area contributed by atoms with E-state index in [2.05, 4.69) is 18.7 Å². The second-order valence-electron chi connectivity index (χ2n) is 7.71. The lowest BCUT2D eigenvalue weighted by atomic mass is 9.50. The van der Waals surface area contributed by atoms with Gasteiger partial charge in [0.2, 0.25) is 0 Å². The van der Waals surface area contributed by atoms with Crippen molar-refractivity contribution in [1.82, 2.24) is 0 Å². The first-order chi connectivity index (χ1) is 10.7. The summed E-state index contributed by atoms with van der Waals surface area (Å²) < 4.78 is 0. The van der Waals surface area contributed by atoms with E-state index in [1.165, 1.54) is 0 Å². The molecule has 2 bridgehead atoms. The molecule has 2 rings (SSSR count). The minimum absolute atomic E-state index is 0.129. The molecule has 0 saturated heterocycles. The number of rotatable bonds is 7.